The van der Waals surface area contributed by atoms with Crippen molar-refractivity contribution in [3.05, 3.63) is 21.7 Å². The Balaban J connectivity index is 1.81. The first-order valence-corrected chi connectivity index (χ1v) is 13.1. The molecule has 2 aliphatic rings. The highest BCUT2D eigenvalue weighted by molar-refractivity contribution is 7.09. The van der Waals surface area contributed by atoms with Crippen molar-refractivity contribution in [2.75, 3.05) is 0 Å². The number of aromatic nitrogens is 1. The number of esters is 1. The van der Waals surface area contributed by atoms with E-state index >= 15 is 0 Å². The van der Waals surface area contributed by atoms with Gasteiger partial charge >= 0.3 is 5.97 Å². The van der Waals surface area contributed by atoms with Crippen LogP contribution in [0.4, 0.5) is 0 Å². The molecular formula is C26H39NO6S. The molecule has 0 aromatic carbocycles. The zero-order valence-corrected chi connectivity index (χ0v) is 21.9. The van der Waals surface area contributed by atoms with E-state index in [1.54, 1.807) is 32.1 Å². The van der Waals surface area contributed by atoms with Crippen LogP contribution in [0.2, 0.25) is 0 Å². The molecule has 7 atom stereocenters. The highest BCUT2D eigenvalue weighted by atomic mass is 32.1. The maximum atomic E-state index is 13.2. The van der Waals surface area contributed by atoms with Crippen LogP contribution >= 0.6 is 11.3 Å². The van der Waals surface area contributed by atoms with Crippen molar-refractivity contribution in [1.29, 1.82) is 0 Å². The molecule has 0 saturated carbocycles. The molecule has 190 valence electrons. The molecule has 0 bridgehead atoms. The fraction of sp³-hybridized carbons (Fsp3) is 0.731. The van der Waals surface area contributed by atoms with E-state index in [1.165, 1.54) is 0 Å². The number of carbonyl (C=O) groups excluding carboxylic acids is 2. The number of aliphatic hydroxyl groups is 2. The van der Waals surface area contributed by atoms with Crippen LogP contribution in [0, 0.1) is 24.2 Å². The Hall–Kier alpha value is -1.61. The van der Waals surface area contributed by atoms with Gasteiger partial charge in [0.2, 0.25) is 0 Å². The van der Waals surface area contributed by atoms with E-state index in [0.29, 0.717) is 6.42 Å². The van der Waals surface area contributed by atoms with Gasteiger partial charge in [0.1, 0.15) is 11.9 Å². The van der Waals surface area contributed by atoms with Crippen LogP contribution in [0.3, 0.4) is 0 Å². The van der Waals surface area contributed by atoms with Crippen molar-refractivity contribution in [3.8, 4) is 0 Å². The molecule has 8 heteroatoms. The molecule has 2 aliphatic heterocycles. The van der Waals surface area contributed by atoms with Gasteiger partial charge in [0.15, 0.2) is 0 Å². The van der Waals surface area contributed by atoms with E-state index in [0.717, 1.165) is 35.5 Å². The van der Waals surface area contributed by atoms with Gasteiger partial charge in [-0.25, -0.2) is 4.98 Å². The largest absolute Gasteiger partial charge is 0.458 e. The Kier molecular flexibility index (Phi) is 8.71. The summed E-state index contributed by atoms with van der Waals surface area (Å²) in [6.45, 7) is 10.8. The van der Waals surface area contributed by atoms with Gasteiger partial charge in [0.25, 0.3) is 0 Å². The van der Waals surface area contributed by atoms with E-state index in [4.69, 9.17) is 9.47 Å². The van der Waals surface area contributed by atoms with Gasteiger partial charge in [-0.2, -0.15) is 0 Å². The van der Waals surface area contributed by atoms with Crippen LogP contribution in [0.15, 0.2) is 11.0 Å². The van der Waals surface area contributed by atoms with E-state index < -0.39 is 35.6 Å². The molecule has 1 aromatic heterocycles. The van der Waals surface area contributed by atoms with Crippen LogP contribution in [0.5, 0.6) is 0 Å². The average Bonchev–Trinajstić information content (AvgIpc) is 3.38. The first-order valence-electron chi connectivity index (χ1n) is 12.3. The number of ether oxygens (including phenoxy) is 2. The first kappa shape index (κ1) is 27.0. The van der Waals surface area contributed by atoms with Crippen LogP contribution in [-0.2, 0) is 19.1 Å². The number of fused-ring (bicyclic) bond motifs is 1. The molecule has 3 heterocycles. The second kappa shape index (κ2) is 11.0. The molecule has 0 aliphatic carbocycles. The molecule has 3 rings (SSSR count). The number of Topliss-reactive ketones (excluding diaryl/α,β-unsaturated/α-hetero) is 1. The average molecular weight is 494 g/mol. The molecule has 7 nitrogen and oxygen atoms in total. The van der Waals surface area contributed by atoms with Crippen molar-refractivity contribution in [3.63, 3.8) is 0 Å². The maximum Gasteiger partial charge on any atom is 0.309 e. The third-order valence-corrected chi connectivity index (χ3v) is 8.20. The molecule has 2 fully saturated rings. The summed E-state index contributed by atoms with van der Waals surface area (Å²) in [6.07, 6.45) is 2.28. The van der Waals surface area contributed by atoms with Gasteiger partial charge in [-0.3, -0.25) is 9.59 Å². The molecule has 34 heavy (non-hydrogen) atoms. The second-order valence-corrected chi connectivity index (χ2v) is 11.7. The molecule has 0 spiro atoms. The second-order valence-electron chi connectivity index (χ2n) is 10.6. The van der Waals surface area contributed by atoms with Gasteiger partial charge in [0, 0.05) is 17.7 Å². The third-order valence-electron chi connectivity index (χ3n) is 7.41. The molecule has 0 amide bonds. The number of aliphatic hydroxyl groups excluding tert-OH is 2. The summed E-state index contributed by atoms with van der Waals surface area (Å²) in [7, 11) is 0. The van der Waals surface area contributed by atoms with E-state index in [1.807, 2.05) is 32.2 Å². The number of thiazole rings is 1. The van der Waals surface area contributed by atoms with Crippen molar-refractivity contribution in [1.82, 2.24) is 4.98 Å². The lowest BCUT2D eigenvalue weighted by molar-refractivity contribution is -0.154. The van der Waals surface area contributed by atoms with Crippen LogP contribution in [0.1, 0.15) is 77.4 Å². The minimum absolute atomic E-state index is 0.00770. The monoisotopic (exact) mass is 493 g/mol. The fourth-order valence-electron chi connectivity index (χ4n) is 4.78. The Bertz CT molecular complexity index is 909. The quantitative estimate of drug-likeness (QED) is 0.472. The number of ketones is 1. The molecular weight excluding hydrogens is 454 g/mol. The number of cyclic esters (lactones) is 1. The van der Waals surface area contributed by atoms with Gasteiger partial charge < -0.3 is 19.7 Å². The Labute approximate surface area is 206 Å². The smallest absolute Gasteiger partial charge is 0.309 e. The number of epoxide rings is 1. The van der Waals surface area contributed by atoms with Gasteiger partial charge in [-0.15, -0.1) is 11.3 Å². The van der Waals surface area contributed by atoms with Gasteiger partial charge in [0.05, 0.1) is 47.0 Å². The summed E-state index contributed by atoms with van der Waals surface area (Å²) in [5.74, 6) is -1.52. The summed E-state index contributed by atoms with van der Waals surface area (Å²) in [4.78, 5) is 30.5. The Morgan fingerprint density at radius 1 is 1.21 bits per heavy atom. The minimum atomic E-state index is -1.22. The number of carbonyl (C=O) groups is 2. The summed E-state index contributed by atoms with van der Waals surface area (Å²) < 4.78 is 11.7. The normalized spacial score (nSPS) is 36.0. The number of nitrogens with zero attached hydrogens (tertiary/aromatic N) is 1. The predicted octanol–water partition coefficient (Wildman–Crippen LogP) is 4.09. The number of hydrogen-bond acceptors (Lipinski definition) is 8. The van der Waals surface area contributed by atoms with Crippen LogP contribution < -0.4 is 0 Å². The van der Waals surface area contributed by atoms with Crippen LogP contribution in [0.25, 0.3) is 6.08 Å². The van der Waals surface area contributed by atoms with Crippen molar-refractivity contribution in [2.45, 2.75) is 104 Å². The maximum absolute atomic E-state index is 13.2. The lowest BCUT2D eigenvalue weighted by Crippen LogP contribution is -2.45. The lowest BCUT2D eigenvalue weighted by Gasteiger charge is -2.34. The Morgan fingerprint density at radius 2 is 1.91 bits per heavy atom. The third kappa shape index (κ3) is 6.53. The molecule has 2 N–H and O–H groups in total. The Morgan fingerprint density at radius 3 is 2.56 bits per heavy atom. The highest BCUT2D eigenvalue weighted by Crippen LogP contribution is 2.36. The van der Waals surface area contributed by atoms with Crippen molar-refractivity contribution in [2.24, 2.45) is 17.3 Å². The highest BCUT2D eigenvalue weighted by Gasteiger charge is 2.44. The number of hydrogen-bond donors (Lipinski definition) is 2. The van der Waals surface area contributed by atoms with E-state index in [9.17, 15) is 19.8 Å². The van der Waals surface area contributed by atoms with Crippen molar-refractivity contribution < 1.29 is 29.3 Å². The number of rotatable bonds is 2. The molecule has 1 aromatic rings. The molecule has 2 saturated heterocycles. The minimum Gasteiger partial charge on any atom is -0.458 e. The summed E-state index contributed by atoms with van der Waals surface area (Å²) >= 11 is 1.56. The first-order chi connectivity index (χ1) is 15.9. The van der Waals surface area contributed by atoms with Gasteiger partial charge in [-0.1, -0.05) is 34.1 Å². The van der Waals surface area contributed by atoms with Crippen LogP contribution in [-0.4, -0.2) is 57.5 Å². The zero-order valence-electron chi connectivity index (χ0n) is 21.1. The summed E-state index contributed by atoms with van der Waals surface area (Å²) in [5, 5.41) is 24.5. The molecule has 0 radical (unpaired) electrons. The summed E-state index contributed by atoms with van der Waals surface area (Å²) in [6, 6.07) is 0. The fourth-order valence-corrected chi connectivity index (χ4v) is 5.35. The topological polar surface area (TPSA) is 109 Å². The standard InChI is InChI=1S/C26H39NO6S/c1-14-8-7-9-19-21(32-19)11-20(15(2)10-18-13-34-17(4)27-18)33-23(29)12-22(28)26(5,6)25(31)16(3)24(14)30/h10,13-14,16,19-22,24,28,30H,7-9,11-12H2,1-6H3/b15-10+/t14-,16+,19-,20-,21+,22+,24-/m0/s1. The van der Waals surface area contributed by atoms with E-state index in [-0.39, 0.29) is 30.3 Å². The lowest BCUT2D eigenvalue weighted by atomic mass is 9.73. The van der Waals surface area contributed by atoms with Gasteiger partial charge in [-0.05, 0) is 44.3 Å². The molecule has 0 unspecified atom stereocenters. The SMILES string of the molecule is C/C(=C\c1csc(C)n1)[C@@H]1C[C@H]2O[C@H]2CCC[C@H](C)[C@H](O)[C@@H](C)C(=O)C(C)(C)[C@H](O)CC(=O)O1. The van der Waals surface area contributed by atoms with Crippen molar-refractivity contribution >= 4 is 29.2 Å². The zero-order chi connectivity index (χ0) is 25.2. The predicted molar refractivity (Wildman–Crippen MR) is 131 cm³/mol. The number of aryl methyl sites for hydroxylation is 1. The summed E-state index contributed by atoms with van der Waals surface area (Å²) in [5.41, 5.74) is 0.494. The van der Waals surface area contributed by atoms with E-state index in [2.05, 4.69) is 4.98 Å².